The van der Waals surface area contributed by atoms with Crippen LogP contribution in [0.15, 0.2) is 72.9 Å². The van der Waals surface area contributed by atoms with Crippen molar-refractivity contribution in [1.82, 2.24) is 35.0 Å². The predicted octanol–water partition coefficient (Wildman–Crippen LogP) is 7.44. The summed E-state index contributed by atoms with van der Waals surface area (Å²) in [6, 6.07) is 21.2. The summed E-state index contributed by atoms with van der Waals surface area (Å²) >= 11 is 0. The Labute approximate surface area is 377 Å². The molecule has 1 amide bonds. The molecular formula is C51H55FN8O5. The number of rotatable bonds is 10. The Hall–Kier alpha value is -6.09. The van der Waals surface area contributed by atoms with Crippen LogP contribution < -0.4 is 15.0 Å². The number of carbonyl (C=O) groups is 1. The zero-order valence-corrected chi connectivity index (χ0v) is 37.1. The van der Waals surface area contributed by atoms with E-state index in [9.17, 15) is 20.1 Å². The number of likely N-dealkylation sites (N-methyl/N-ethyl adjacent to an activating group) is 1. The molecule has 5 aliphatic heterocycles. The number of aromatic nitrogens is 3. The topological polar surface area (TPSA) is 151 Å². The van der Waals surface area contributed by atoms with Crippen molar-refractivity contribution in [2.75, 3.05) is 44.7 Å². The monoisotopic (exact) mass is 878 g/mol. The van der Waals surface area contributed by atoms with Crippen molar-refractivity contribution in [2.24, 2.45) is 0 Å². The first-order chi connectivity index (χ1) is 31.4. The van der Waals surface area contributed by atoms with Crippen LogP contribution in [0.3, 0.4) is 0 Å². The van der Waals surface area contributed by atoms with Crippen molar-refractivity contribution < 1.29 is 29.2 Å². The minimum Gasteiger partial charge on any atom is -0.508 e. The first kappa shape index (κ1) is 41.6. The molecule has 0 saturated carbocycles. The number of hydrogen-bond donors (Lipinski definition) is 4. The van der Waals surface area contributed by atoms with Gasteiger partial charge in [0.25, 0.3) is 5.91 Å². The lowest BCUT2D eigenvalue weighted by atomic mass is 9.93. The molecule has 2 bridgehead atoms. The molecule has 0 radical (unpaired) electrons. The molecule has 13 nitrogen and oxygen atoms in total. The molecule has 4 N–H and O–H groups in total. The Morgan fingerprint density at radius 2 is 1.75 bits per heavy atom. The van der Waals surface area contributed by atoms with Crippen LogP contribution in [-0.4, -0.2) is 114 Å². The number of piperazine rings is 1. The molecule has 11 rings (SSSR count). The predicted molar refractivity (Wildman–Crippen MR) is 247 cm³/mol. The Kier molecular flexibility index (Phi) is 10.3. The van der Waals surface area contributed by atoms with Gasteiger partial charge in [0, 0.05) is 75.2 Å². The number of phenols is 3. The van der Waals surface area contributed by atoms with E-state index in [0.29, 0.717) is 54.1 Å². The zero-order chi connectivity index (χ0) is 44.7. The van der Waals surface area contributed by atoms with E-state index >= 15 is 4.39 Å². The molecule has 4 aromatic carbocycles. The molecule has 6 aromatic rings. The molecule has 5 aliphatic rings. The first-order valence-corrected chi connectivity index (χ1v) is 23.0. The van der Waals surface area contributed by atoms with E-state index in [4.69, 9.17) is 14.7 Å². The van der Waals surface area contributed by atoms with Crippen LogP contribution in [0.5, 0.6) is 23.3 Å². The average Bonchev–Trinajstić information content (AvgIpc) is 4.07. The fourth-order valence-corrected chi connectivity index (χ4v) is 11.5. The van der Waals surface area contributed by atoms with E-state index in [0.717, 1.165) is 86.7 Å². The summed E-state index contributed by atoms with van der Waals surface area (Å²) in [6.45, 7) is 9.28. The highest BCUT2D eigenvalue weighted by Gasteiger charge is 2.50. The summed E-state index contributed by atoms with van der Waals surface area (Å²) in [4.78, 5) is 37.1. The van der Waals surface area contributed by atoms with Crippen LogP contribution >= 0.6 is 0 Å². The molecule has 0 spiro atoms. The molecular weight excluding hydrogens is 824 g/mol. The Morgan fingerprint density at radius 3 is 2.57 bits per heavy atom. The number of aromatic hydroxyl groups is 3. The van der Waals surface area contributed by atoms with E-state index in [-0.39, 0.29) is 63.4 Å². The number of pyridine rings is 1. The Morgan fingerprint density at radius 1 is 0.954 bits per heavy atom. The normalized spacial score (nSPS) is 22.8. The summed E-state index contributed by atoms with van der Waals surface area (Å²) < 4.78 is 23.7. The summed E-state index contributed by atoms with van der Waals surface area (Å²) in [6.07, 6.45) is 6.79. The van der Waals surface area contributed by atoms with Gasteiger partial charge in [0.2, 0.25) is 0 Å². The van der Waals surface area contributed by atoms with E-state index in [1.165, 1.54) is 11.6 Å². The van der Waals surface area contributed by atoms with Crippen molar-refractivity contribution in [2.45, 2.75) is 95.2 Å². The van der Waals surface area contributed by atoms with Crippen molar-refractivity contribution in [1.29, 1.82) is 0 Å². The molecule has 4 saturated heterocycles. The van der Waals surface area contributed by atoms with E-state index in [1.807, 2.05) is 38.1 Å². The van der Waals surface area contributed by atoms with Crippen LogP contribution in [0.2, 0.25) is 0 Å². The van der Waals surface area contributed by atoms with Crippen molar-refractivity contribution in [3.05, 3.63) is 107 Å². The fourth-order valence-electron chi connectivity index (χ4n) is 11.5. The third-order valence-corrected chi connectivity index (χ3v) is 14.9. The molecule has 2 aromatic heterocycles. The highest BCUT2D eigenvalue weighted by atomic mass is 19.1. The second kappa shape index (κ2) is 16.1. The number of halogens is 1. The minimum absolute atomic E-state index is 0.00130. The average molecular weight is 879 g/mol. The third-order valence-electron chi connectivity index (χ3n) is 14.9. The molecule has 14 heteroatoms. The van der Waals surface area contributed by atoms with Gasteiger partial charge in [0.15, 0.2) is 5.82 Å². The fraction of sp³-hybridized carbons (Fsp3) is 0.412. The lowest BCUT2D eigenvalue weighted by Gasteiger charge is -2.34. The summed E-state index contributed by atoms with van der Waals surface area (Å²) in [7, 11) is 2.17. The van der Waals surface area contributed by atoms with Crippen molar-refractivity contribution in [3.63, 3.8) is 0 Å². The third kappa shape index (κ3) is 7.45. The van der Waals surface area contributed by atoms with Gasteiger partial charge in [-0.1, -0.05) is 56.3 Å². The first-order valence-electron chi connectivity index (χ1n) is 23.0. The maximum absolute atomic E-state index is 17.1. The molecule has 336 valence electrons. The minimum atomic E-state index is -0.573. The van der Waals surface area contributed by atoms with Crippen LogP contribution in [0.25, 0.3) is 32.9 Å². The number of amides is 1. The molecule has 65 heavy (non-hydrogen) atoms. The van der Waals surface area contributed by atoms with Gasteiger partial charge in [-0.15, -0.1) is 0 Å². The van der Waals surface area contributed by atoms with E-state index in [1.54, 1.807) is 29.3 Å². The number of nitrogens with one attached hydrogen (secondary N) is 1. The van der Waals surface area contributed by atoms with Gasteiger partial charge >= 0.3 is 6.01 Å². The van der Waals surface area contributed by atoms with Gasteiger partial charge in [-0.25, -0.2) is 4.39 Å². The number of hydrogen-bond acceptors (Lipinski definition) is 12. The smallest absolute Gasteiger partial charge is 0.319 e. The zero-order valence-electron chi connectivity index (χ0n) is 37.1. The van der Waals surface area contributed by atoms with Gasteiger partial charge in [0.1, 0.15) is 40.9 Å². The number of fused-ring (bicyclic) bond motifs is 6. The maximum Gasteiger partial charge on any atom is 0.319 e. The van der Waals surface area contributed by atoms with Crippen molar-refractivity contribution in [3.8, 4) is 34.5 Å². The molecule has 4 unspecified atom stereocenters. The Balaban J connectivity index is 0.823. The van der Waals surface area contributed by atoms with Crippen molar-refractivity contribution >= 4 is 33.4 Å². The highest BCUT2D eigenvalue weighted by Crippen LogP contribution is 2.43. The van der Waals surface area contributed by atoms with Gasteiger partial charge in [-0.3, -0.25) is 19.6 Å². The van der Waals surface area contributed by atoms with Gasteiger partial charge in [-0.05, 0) is 103 Å². The lowest BCUT2D eigenvalue weighted by Crippen LogP contribution is -2.51. The molecule has 7 heterocycles. The van der Waals surface area contributed by atoms with E-state index in [2.05, 4.69) is 50.2 Å². The maximum atomic E-state index is 17.1. The number of carbonyl (C=O) groups excluding carboxylic acids is 1. The second-order valence-electron chi connectivity index (χ2n) is 19.5. The van der Waals surface area contributed by atoms with Crippen LogP contribution in [0.4, 0.5) is 10.2 Å². The second-order valence-corrected chi connectivity index (χ2v) is 19.5. The largest absolute Gasteiger partial charge is 0.508 e. The van der Waals surface area contributed by atoms with Gasteiger partial charge in [-0.2, -0.15) is 9.97 Å². The molecule has 4 atom stereocenters. The van der Waals surface area contributed by atoms with Crippen LogP contribution in [0.1, 0.15) is 84.5 Å². The summed E-state index contributed by atoms with van der Waals surface area (Å²) in [5.74, 6) is -0.391. The number of anilines is 1. The quantitative estimate of drug-likeness (QED) is 0.108. The van der Waals surface area contributed by atoms with Gasteiger partial charge in [0.05, 0.1) is 16.5 Å². The highest BCUT2D eigenvalue weighted by molar-refractivity contribution is 6.00. The molecule has 4 fully saturated rings. The summed E-state index contributed by atoms with van der Waals surface area (Å²) in [5, 5.41) is 37.4. The summed E-state index contributed by atoms with van der Waals surface area (Å²) in [5.41, 5.74) is 4.73. The number of phenolic OH excluding ortho intramolecular Hbond substituents is 3. The number of nitrogens with zero attached hydrogens (tertiary/aromatic N) is 7. The molecule has 0 aliphatic carbocycles. The number of benzene rings is 4. The van der Waals surface area contributed by atoms with Crippen LogP contribution in [0, 0.1) is 5.82 Å². The van der Waals surface area contributed by atoms with Gasteiger partial charge < -0.3 is 35.2 Å². The lowest BCUT2D eigenvalue weighted by molar-refractivity contribution is 0.0748. The standard InChI is InChI=1S/C51H55FN8O5/c1-29(2)39-18-41(44(63)19-43(39)62)49(64)59-23-32-10-9-30(15-33(32)24-59)22-57(3)36-20-51(13-6-14-60(51)27-36)28-65-50-55-47-42(48(56-50)58-25-34-11-12-35(26-58)54-34)21-53-46(45(47)52)40-17-37(61)16-31-7-4-5-8-38(31)40/h4-5,7-10,15-19,21,29,34-36,54,61-63H,6,11-14,20,22-28H2,1-3H3. The van der Waals surface area contributed by atoms with Crippen LogP contribution in [-0.2, 0) is 19.6 Å². The number of ether oxygens (including phenoxy) is 1. The SMILES string of the molecule is CC(C)c1cc(C(=O)N2Cc3ccc(CN(C)C4CN5CCCC5(COc5nc(N6CC7CCC(C6)N7)c6cnc(-c7cc(O)cc8ccccc78)c(F)c6n5)C4)cc3C2)c(O)cc1O. The van der Waals surface area contributed by atoms with E-state index < -0.39 is 5.82 Å². The Bertz CT molecular complexity index is 2860.